The number of nitrogens with zero attached hydrogens (tertiary/aromatic N) is 2. The van der Waals surface area contributed by atoms with Crippen molar-refractivity contribution in [1.29, 1.82) is 0 Å². The van der Waals surface area contributed by atoms with E-state index >= 15 is 0 Å². The number of amides is 1. The molecule has 0 bridgehead atoms. The van der Waals surface area contributed by atoms with E-state index in [2.05, 4.69) is 4.90 Å². The lowest BCUT2D eigenvalue weighted by molar-refractivity contribution is -0.133. The van der Waals surface area contributed by atoms with Crippen LogP contribution >= 0.6 is 11.6 Å². The van der Waals surface area contributed by atoms with Gasteiger partial charge in [-0.05, 0) is 37.0 Å². The molecule has 1 atom stereocenters. The van der Waals surface area contributed by atoms with Crippen molar-refractivity contribution < 1.29 is 13.2 Å². The van der Waals surface area contributed by atoms with E-state index < -0.39 is 9.84 Å². The predicted octanol–water partition coefficient (Wildman–Crippen LogP) is 1.91. The van der Waals surface area contributed by atoms with E-state index in [1.807, 2.05) is 30.0 Å². The van der Waals surface area contributed by atoms with Gasteiger partial charge in [-0.1, -0.05) is 23.7 Å². The van der Waals surface area contributed by atoms with Crippen LogP contribution in [0.2, 0.25) is 5.02 Å². The molecule has 0 N–H and O–H groups in total. The van der Waals surface area contributed by atoms with E-state index in [1.54, 1.807) is 0 Å². The Labute approximate surface area is 154 Å². The summed E-state index contributed by atoms with van der Waals surface area (Å²) in [5.41, 5.74) is 2.13. The zero-order valence-corrected chi connectivity index (χ0v) is 16.2. The number of hydrogen-bond acceptors (Lipinski definition) is 4. The van der Waals surface area contributed by atoms with Gasteiger partial charge in [0.1, 0.15) is 0 Å². The van der Waals surface area contributed by atoms with E-state index in [9.17, 15) is 13.2 Å². The lowest BCUT2D eigenvalue weighted by Crippen LogP contribution is -2.52. The van der Waals surface area contributed by atoms with E-state index in [-0.39, 0.29) is 17.7 Å². The van der Waals surface area contributed by atoms with Crippen LogP contribution in [0.1, 0.15) is 24.0 Å². The molecule has 2 heterocycles. The Bertz CT molecular complexity index is 743. The smallest absolute Gasteiger partial charge is 0.222 e. The number of piperazine rings is 1. The number of rotatable bonds is 4. The minimum absolute atomic E-state index is 0.136. The third-order valence-electron chi connectivity index (χ3n) is 5.26. The third kappa shape index (κ3) is 4.74. The molecule has 25 heavy (non-hydrogen) atoms. The molecular formula is C18H25ClN2O3S. The summed E-state index contributed by atoms with van der Waals surface area (Å²) in [6, 6.07) is 6.07. The van der Waals surface area contributed by atoms with Crippen molar-refractivity contribution in [2.45, 2.75) is 32.2 Å². The van der Waals surface area contributed by atoms with E-state index in [0.717, 1.165) is 35.7 Å². The maximum atomic E-state index is 12.4. The highest BCUT2D eigenvalue weighted by atomic mass is 35.5. The van der Waals surface area contributed by atoms with Crippen molar-refractivity contribution in [1.82, 2.24) is 9.80 Å². The number of carbonyl (C=O) groups excluding carboxylic acids is 1. The molecule has 1 aromatic rings. The molecule has 0 aliphatic carbocycles. The largest absolute Gasteiger partial charge is 0.340 e. The fraction of sp³-hybridized carbons (Fsp3) is 0.611. The summed E-state index contributed by atoms with van der Waals surface area (Å²) in [6.07, 6.45) is 1.90. The van der Waals surface area contributed by atoms with Crippen LogP contribution in [0.3, 0.4) is 0 Å². The van der Waals surface area contributed by atoms with Crippen LogP contribution < -0.4 is 0 Å². The fourth-order valence-corrected chi connectivity index (χ4v) is 5.57. The maximum Gasteiger partial charge on any atom is 0.222 e. The topological polar surface area (TPSA) is 57.7 Å². The normalized spacial score (nSPS) is 23.8. The quantitative estimate of drug-likeness (QED) is 0.795. The molecule has 2 aliphatic rings. The summed E-state index contributed by atoms with van der Waals surface area (Å²) in [5.74, 6) is 0.737. The van der Waals surface area contributed by atoms with Crippen LogP contribution in [0.4, 0.5) is 0 Å². The molecule has 138 valence electrons. The SMILES string of the molecule is Cc1ccc(CCC(=O)N2CCN(C3CCS(=O)(=O)C3)CC2)cc1Cl. The Morgan fingerprint density at radius 1 is 1.24 bits per heavy atom. The summed E-state index contributed by atoms with van der Waals surface area (Å²) in [6.45, 7) is 4.87. The maximum absolute atomic E-state index is 12.4. The molecule has 1 aromatic carbocycles. The second kappa shape index (κ2) is 7.64. The molecule has 0 saturated carbocycles. The highest BCUT2D eigenvalue weighted by molar-refractivity contribution is 7.91. The van der Waals surface area contributed by atoms with Gasteiger partial charge in [0.05, 0.1) is 11.5 Å². The van der Waals surface area contributed by atoms with Gasteiger partial charge in [0.25, 0.3) is 0 Å². The van der Waals surface area contributed by atoms with Crippen molar-refractivity contribution in [3.05, 3.63) is 34.3 Å². The van der Waals surface area contributed by atoms with Crippen LogP contribution in [0.25, 0.3) is 0 Å². The van der Waals surface area contributed by atoms with E-state index in [4.69, 9.17) is 11.6 Å². The van der Waals surface area contributed by atoms with Gasteiger partial charge in [0.2, 0.25) is 5.91 Å². The van der Waals surface area contributed by atoms with Gasteiger partial charge >= 0.3 is 0 Å². The monoisotopic (exact) mass is 384 g/mol. The van der Waals surface area contributed by atoms with Crippen LogP contribution in [-0.2, 0) is 21.1 Å². The molecule has 2 saturated heterocycles. The molecule has 5 nitrogen and oxygen atoms in total. The molecule has 2 aliphatic heterocycles. The molecule has 1 amide bonds. The zero-order valence-electron chi connectivity index (χ0n) is 14.6. The van der Waals surface area contributed by atoms with Crippen molar-refractivity contribution >= 4 is 27.3 Å². The second-order valence-corrected chi connectivity index (χ2v) is 9.69. The molecule has 0 aromatic heterocycles. The lowest BCUT2D eigenvalue weighted by atomic mass is 10.1. The van der Waals surface area contributed by atoms with Gasteiger partial charge in [-0.25, -0.2) is 8.42 Å². The molecule has 7 heteroatoms. The number of aryl methyl sites for hydroxylation is 2. The van der Waals surface area contributed by atoms with Crippen LogP contribution in [-0.4, -0.2) is 67.9 Å². The van der Waals surface area contributed by atoms with Crippen LogP contribution in [0, 0.1) is 6.92 Å². The Kier molecular flexibility index (Phi) is 5.71. The molecular weight excluding hydrogens is 360 g/mol. The van der Waals surface area contributed by atoms with Crippen molar-refractivity contribution in [2.24, 2.45) is 0 Å². The van der Waals surface area contributed by atoms with Gasteiger partial charge in [0, 0.05) is 43.7 Å². The first-order valence-corrected chi connectivity index (χ1v) is 11.0. The summed E-state index contributed by atoms with van der Waals surface area (Å²) < 4.78 is 23.2. The van der Waals surface area contributed by atoms with Gasteiger partial charge in [-0.15, -0.1) is 0 Å². The first kappa shape index (κ1) is 18.7. The highest BCUT2D eigenvalue weighted by Crippen LogP contribution is 2.20. The first-order valence-electron chi connectivity index (χ1n) is 8.81. The molecule has 0 radical (unpaired) electrons. The lowest BCUT2D eigenvalue weighted by Gasteiger charge is -2.37. The van der Waals surface area contributed by atoms with Gasteiger partial charge in [-0.3, -0.25) is 9.69 Å². The summed E-state index contributed by atoms with van der Waals surface area (Å²) in [5, 5.41) is 0.741. The Morgan fingerprint density at radius 2 is 1.96 bits per heavy atom. The van der Waals surface area contributed by atoms with E-state index in [1.165, 1.54) is 0 Å². The second-order valence-electron chi connectivity index (χ2n) is 7.06. The number of hydrogen-bond donors (Lipinski definition) is 0. The number of halogens is 1. The van der Waals surface area contributed by atoms with Crippen LogP contribution in [0.5, 0.6) is 0 Å². The third-order valence-corrected chi connectivity index (χ3v) is 7.41. The molecule has 1 unspecified atom stereocenters. The molecule has 2 fully saturated rings. The average Bonchev–Trinajstić information content (AvgIpc) is 2.96. The predicted molar refractivity (Wildman–Crippen MR) is 99.7 cm³/mol. The number of carbonyl (C=O) groups is 1. The minimum atomic E-state index is -2.85. The fourth-order valence-electron chi connectivity index (χ4n) is 3.60. The summed E-state index contributed by atoms with van der Waals surface area (Å²) in [4.78, 5) is 16.6. The molecule has 3 rings (SSSR count). The van der Waals surface area contributed by atoms with Crippen molar-refractivity contribution in [3.63, 3.8) is 0 Å². The zero-order chi connectivity index (χ0) is 18.0. The van der Waals surface area contributed by atoms with Gasteiger partial charge in [0.15, 0.2) is 9.84 Å². The average molecular weight is 385 g/mol. The number of benzene rings is 1. The first-order chi connectivity index (χ1) is 11.8. The Morgan fingerprint density at radius 3 is 2.56 bits per heavy atom. The Balaban J connectivity index is 1.46. The van der Waals surface area contributed by atoms with Gasteiger partial charge in [-0.2, -0.15) is 0 Å². The summed E-state index contributed by atoms with van der Waals surface area (Å²) in [7, 11) is -2.85. The highest BCUT2D eigenvalue weighted by Gasteiger charge is 2.34. The van der Waals surface area contributed by atoms with Crippen molar-refractivity contribution in [3.8, 4) is 0 Å². The molecule has 0 spiro atoms. The van der Waals surface area contributed by atoms with Crippen LogP contribution in [0.15, 0.2) is 18.2 Å². The standard InChI is InChI=1S/C18H25ClN2O3S/c1-14-2-3-15(12-17(14)19)4-5-18(22)21-9-7-20(8-10-21)16-6-11-25(23,24)13-16/h2-3,12,16H,4-11,13H2,1H3. The van der Waals surface area contributed by atoms with Crippen molar-refractivity contribution in [2.75, 3.05) is 37.7 Å². The Hall–Kier alpha value is -1.11. The van der Waals surface area contributed by atoms with Gasteiger partial charge < -0.3 is 4.90 Å². The number of sulfone groups is 1. The summed E-state index contributed by atoms with van der Waals surface area (Å²) >= 11 is 6.13. The minimum Gasteiger partial charge on any atom is -0.340 e. The van der Waals surface area contributed by atoms with E-state index in [0.29, 0.717) is 31.7 Å².